The molecular weight excluding hydrogens is 257 g/mol. The number of benzene rings is 1. The minimum absolute atomic E-state index is 0.146. The minimum Gasteiger partial charge on any atom is -0.399 e. The highest BCUT2D eigenvalue weighted by molar-refractivity contribution is 5.92. The fraction of sp³-hybridized carbons (Fsp3) is 0.533. The van der Waals surface area contributed by atoms with E-state index < -0.39 is 5.82 Å². The number of nitrogens with one attached hydrogen (secondary N) is 1. The number of nitrogen functional groups attached to an aromatic ring is 1. The van der Waals surface area contributed by atoms with E-state index in [-0.39, 0.29) is 18.1 Å². The van der Waals surface area contributed by atoms with Crippen molar-refractivity contribution in [2.45, 2.75) is 45.2 Å². The van der Waals surface area contributed by atoms with E-state index in [4.69, 9.17) is 5.73 Å². The molecule has 1 aromatic carbocycles. The quantitative estimate of drug-likeness (QED) is 0.836. The Morgan fingerprint density at radius 3 is 2.70 bits per heavy atom. The van der Waals surface area contributed by atoms with E-state index in [2.05, 4.69) is 24.1 Å². The number of hydrogen-bond acceptors (Lipinski definition) is 3. The van der Waals surface area contributed by atoms with Crippen LogP contribution in [0.3, 0.4) is 0 Å². The van der Waals surface area contributed by atoms with Crippen molar-refractivity contribution in [3.63, 3.8) is 0 Å². The maximum Gasteiger partial charge on any atom is 0.238 e. The normalized spacial score (nSPS) is 23.6. The zero-order chi connectivity index (χ0) is 14.7. The summed E-state index contributed by atoms with van der Waals surface area (Å²) in [5.74, 6) is -0.664. The lowest BCUT2D eigenvalue weighted by molar-refractivity contribution is -0.118. The number of nitrogens with two attached hydrogens (primary N) is 1. The number of piperidine rings is 1. The van der Waals surface area contributed by atoms with Crippen molar-refractivity contribution in [1.82, 2.24) is 4.90 Å². The first-order chi connectivity index (χ1) is 9.47. The third kappa shape index (κ3) is 3.48. The molecule has 5 heteroatoms. The second-order valence-electron chi connectivity index (χ2n) is 5.59. The highest BCUT2D eigenvalue weighted by atomic mass is 19.1. The van der Waals surface area contributed by atoms with Gasteiger partial charge >= 0.3 is 0 Å². The van der Waals surface area contributed by atoms with Gasteiger partial charge in [-0.25, -0.2) is 4.39 Å². The third-order valence-corrected chi connectivity index (χ3v) is 3.97. The monoisotopic (exact) mass is 279 g/mol. The lowest BCUT2D eigenvalue weighted by atomic mass is 9.97. The van der Waals surface area contributed by atoms with Gasteiger partial charge in [0.15, 0.2) is 0 Å². The molecule has 0 bridgehead atoms. The van der Waals surface area contributed by atoms with Crippen LogP contribution in [-0.2, 0) is 4.79 Å². The molecule has 1 amide bonds. The lowest BCUT2D eigenvalue weighted by Gasteiger charge is -2.38. The van der Waals surface area contributed by atoms with E-state index in [1.54, 1.807) is 0 Å². The number of rotatable bonds is 3. The molecule has 2 rings (SSSR count). The second kappa shape index (κ2) is 6.22. The van der Waals surface area contributed by atoms with E-state index in [1.807, 2.05) is 0 Å². The first-order valence-corrected chi connectivity index (χ1v) is 7.08. The van der Waals surface area contributed by atoms with Gasteiger partial charge in [0.2, 0.25) is 5.91 Å². The molecule has 1 aliphatic rings. The van der Waals surface area contributed by atoms with Gasteiger partial charge in [-0.05, 0) is 44.9 Å². The van der Waals surface area contributed by atoms with E-state index >= 15 is 0 Å². The SMILES string of the molecule is C[C@@H]1CCC[C@H](C)N1CC(=O)Nc1cc(N)ccc1F. The van der Waals surface area contributed by atoms with Crippen molar-refractivity contribution in [2.24, 2.45) is 0 Å². The summed E-state index contributed by atoms with van der Waals surface area (Å²) in [5, 5.41) is 2.60. The van der Waals surface area contributed by atoms with Crippen LogP contribution in [0.1, 0.15) is 33.1 Å². The van der Waals surface area contributed by atoms with Crippen LogP contribution in [-0.4, -0.2) is 29.4 Å². The van der Waals surface area contributed by atoms with Crippen molar-refractivity contribution in [3.05, 3.63) is 24.0 Å². The summed E-state index contributed by atoms with van der Waals surface area (Å²) >= 11 is 0. The summed E-state index contributed by atoms with van der Waals surface area (Å²) in [7, 11) is 0. The van der Waals surface area contributed by atoms with E-state index in [0.29, 0.717) is 17.8 Å². The first kappa shape index (κ1) is 14.8. The molecule has 0 radical (unpaired) electrons. The van der Waals surface area contributed by atoms with Gasteiger partial charge in [-0.2, -0.15) is 0 Å². The first-order valence-electron chi connectivity index (χ1n) is 7.08. The fourth-order valence-electron chi connectivity index (χ4n) is 2.78. The molecule has 1 aromatic rings. The summed E-state index contributed by atoms with van der Waals surface area (Å²) in [6, 6.07) is 4.94. The molecule has 1 aliphatic heterocycles. The average molecular weight is 279 g/mol. The van der Waals surface area contributed by atoms with Crippen LogP contribution in [0.2, 0.25) is 0 Å². The molecule has 0 aromatic heterocycles. The van der Waals surface area contributed by atoms with Gasteiger partial charge in [-0.1, -0.05) is 6.42 Å². The van der Waals surface area contributed by atoms with Crippen molar-refractivity contribution in [3.8, 4) is 0 Å². The Labute approximate surface area is 119 Å². The van der Waals surface area contributed by atoms with Crippen molar-refractivity contribution < 1.29 is 9.18 Å². The Bertz CT molecular complexity index is 482. The summed E-state index contributed by atoms with van der Waals surface area (Å²) in [5.41, 5.74) is 6.18. The molecule has 1 saturated heterocycles. The Kier molecular flexibility index (Phi) is 4.60. The smallest absolute Gasteiger partial charge is 0.238 e. The number of nitrogens with zero attached hydrogens (tertiary/aromatic N) is 1. The van der Waals surface area contributed by atoms with Gasteiger partial charge in [0.25, 0.3) is 0 Å². The van der Waals surface area contributed by atoms with E-state index in [9.17, 15) is 9.18 Å². The summed E-state index contributed by atoms with van der Waals surface area (Å²) in [6.45, 7) is 4.55. The van der Waals surface area contributed by atoms with Gasteiger partial charge in [0, 0.05) is 17.8 Å². The number of likely N-dealkylation sites (tertiary alicyclic amines) is 1. The summed E-state index contributed by atoms with van der Waals surface area (Å²) < 4.78 is 13.6. The zero-order valence-corrected chi connectivity index (χ0v) is 12.0. The minimum atomic E-state index is -0.465. The Balaban J connectivity index is 1.99. The topological polar surface area (TPSA) is 58.4 Å². The predicted molar refractivity (Wildman–Crippen MR) is 78.9 cm³/mol. The molecule has 0 aliphatic carbocycles. The molecule has 0 unspecified atom stereocenters. The maximum atomic E-state index is 13.6. The van der Waals surface area contributed by atoms with Crippen LogP contribution < -0.4 is 11.1 Å². The largest absolute Gasteiger partial charge is 0.399 e. The predicted octanol–water partition coefficient (Wildman–Crippen LogP) is 2.61. The van der Waals surface area contributed by atoms with Crippen LogP contribution in [0.15, 0.2) is 18.2 Å². The third-order valence-electron chi connectivity index (χ3n) is 3.97. The van der Waals surface area contributed by atoms with Gasteiger partial charge in [0.05, 0.1) is 12.2 Å². The average Bonchev–Trinajstić information content (AvgIpc) is 2.38. The molecule has 110 valence electrons. The maximum absolute atomic E-state index is 13.6. The molecule has 2 atom stereocenters. The van der Waals surface area contributed by atoms with Crippen LogP contribution >= 0.6 is 0 Å². The number of hydrogen-bond donors (Lipinski definition) is 2. The van der Waals surface area contributed by atoms with Gasteiger partial charge in [-0.3, -0.25) is 9.69 Å². The van der Waals surface area contributed by atoms with Gasteiger partial charge in [0.1, 0.15) is 5.82 Å². The molecule has 3 N–H and O–H groups in total. The van der Waals surface area contributed by atoms with Gasteiger partial charge < -0.3 is 11.1 Å². The molecule has 1 fully saturated rings. The Hall–Kier alpha value is -1.62. The van der Waals surface area contributed by atoms with Crippen LogP contribution in [0, 0.1) is 5.82 Å². The number of amides is 1. The Morgan fingerprint density at radius 1 is 1.40 bits per heavy atom. The van der Waals surface area contributed by atoms with Crippen LogP contribution in [0.25, 0.3) is 0 Å². The van der Waals surface area contributed by atoms with Crippen molar-refractivity contribution in [1.29, 1.82) is 0 Å². The van der Waals surface area contributed by atoms with Gasteiger partial charge in [-0.15, -0.1) is 0 Å². The molecule has 4 nitrogen and oxygen atoms in total. The highest BCUT2D eigenvalue weighted by Gasteiger charge is 2.26. The highest BCUT2D eigenvalue weighted by Crippen LogP contribution is 2.22. The summed E-state index contributed by atoms with van der Waals surface area (Å²) in [6.07, 6.45) is 3.40. The molecule has 0 spiro atoms. The summed E-state index contributed by atoms with van der Waals surface area (Å²) in [4.78, 5) is 14.2. The number of carbonyl (C=O) groups excluding carboxylic acids is 1. The molecule has 0 saturated carbocycles. The molecule has 20 heavy (non-hydrogen) atoms. The number of halogens is 1. The number of anilines is 2. The van der Waals surface area contributed by atoms with E-state index in [0.717, 1.165) is 12.8 Å². The van der Waals surface area contributed by atoms with E-state index in [1.165, 1.54) is 24.6 Å². The van der Waals surface area contributed by atoms with Crippen LogP contribution in [0.5, 0.6) is 0 Å². The number of carbonyl (C=O) groups is 1. The standard InChI is InChI=1S/C15H22FN3O/c1-10-4-3-5-11(2)19(10)9-15(20)18-14-8-12(17)6-7-13(14)16/h6-8,10-11H,3-5,9,17H2,1-2H3,(H,18,20)/t10-,11+. The van der Waals surface area contributed by atoms with Crippen molar-refractivity contribution in [2.75, 3.05) is 17.6 Å². The Morgan fingerprint density at radius 2 is 2.05 bits per heavy atom. The fourth-order valence-corrected chi connectivity index (χ4v) is 2.78. The zero-order valence-electron chi connectivity index (χ0n) is 12.0. The van der Waals surface area contributed by atoms with Crippen molar-refractivity contribution >= 4 is 17.3 Å². The van der Waals surface area contributed by atoms with Crippen LogP contribution in [0.4, 0.5) is 15.8 Å². The lowest BCUT2D eigenvalue weighted by Crippen LogP contribution is -2.47. The molecular formula is C15H22FN3O. The second-order valence-corrected chi connectivity index (χ2v) is 5.59. The molecule has 1 heterocycles.